The molecule has 3 amide bonds. The summed E-state index contributed by atoms with van der Waals surface area (Å²) in [5, 5.41) is 17.8. The second kappa shape index (κ2) is 21.5. The number of H-pyrrole nitrogens is 1. The number of hydrogen-bond acceptors (Lipinski definition) is 7. The van der Waals surface area contributed by atoms with Crippen LogP contribution in [0, 0.1) is 23.7 Å². The van der Waals surface area contributed by atoms with Gasteiger partial charge in [-0.25, -0.2) is 9.78 Å². The first-order valence-corrected chi connectivity index (χ1v) is 20.5. The highest BCUT2D eigenvalue weighted by Crippen LogP contribution is 2.30. The Morgan fingerprint density at radius 3 is 2.27 bits per heavy atom. The number of Topliss-reactive ketones (excluding diaryl/α,β-unsaturated/α-hetero) is 1. The fraction of sp³-hybridized carbons (Fsp3) is 0.533. The molecule has 3 aromatic rings. The van der Waals surface area contributed by atoms with Crippen molar-refractivity contribution in [3.05, 3.63) is 103 Å². The molecule has 1 saturated heterocycles. The van der Waals surface area contributed by atoms with Crippen LogP contribution >= 0.6 is 0 Å². The summed E-state index contributed by atoms with van der Waals surface area (Å²) in [5.74, 6) is -1.13. The molecule has 1 saturated carbocycles. The van der Waals surface area contributed by atoms with Gasteiger partial charge in [-0.2, -0.15) is 0 Å². The number of allylic oxidation sites excluding steroid dienone is 1. The van der Waals surface area contributed by atoms with Crippen LogP contribution in [0.5, 0.6) is 0 Å². The Bertz CT molecular complexity index is 1680. The Morgan fingerprint density at radius 2 is 1.62 bits per heavy atom. The van der Waals surface area contributed by atoms with Gasteiger partial charge in [0.25, 0.3) is 0 Å². The minimum atomic E-state index is -1.01. The van der Waals surface area contributed by atoms with Crippen molar-refractivity contribution < 1.29 is 29.0 Å². The van der Waals surface area contributed by atoms with Gasteiger partial charge in [0.2, 0.25) is 11.8 Å². The highest BCUT2D eigenvalue weighted by atomic mass is 16.6. The lowest BCUT2D eigenvalue weighted by Gasteiger charge is -2.33. The van der Waals surface area contributed by atoms with Crippen molar-refractivity contribution in [3.63, 3.8) is 0 Å². The number of ether oxygens (including phenoxy) is 1. The van der Waals surface area contributed by atoms with Crippen LogP contribution in [0.15, 0.2) is 85.8 Å². The van der Waals surface area contributed by atoms with Crippen molar-refractivity contribution in [2.75, 3.05) is 6.54 Å². The van der Waals surface area contributed by atoms with Crippen LogP contribution in [0.3, 0.4) is 0 Å². The molecule has 11 nitrogen and oxygen atoms in total. The zero-order chi connectivity index (χ0) is 39.9. The number of aromatic nitrogens is 2. The summed E-state index contributed by atoms with van der Waals surface area (Å²) in [6.45, 7) is 8.68. The minimum absolute atomic E-state index is 0.0778. The maximum Gasteiger partial charge on any atom is 0.410 e. The van der Waals surface area contributed by atoms with Crippen LogP contribution in [0.1, 0.15) is 94.9 Å². The molecule has 4 N–H and O–H groups in total. The van der Waals surface area contributed by atoms with Gasteiger partial charge in [0.15, 0.2) is 5.78 Å². The third kappa shape index (κ3) is 12.6. The van der Waals surface area contributed by atoms with Gasteiger partial charge >= 0.3 is 6.09 Å². The van der Waals surface area contributed by atoms with Gasteiger partial charge in [-0.15, -0.1) is 6.58 Å². The molecular weight excluding hydrogens is 707 g/mol. The average molecular weight is 768 g/mol. The molecule has 2 heterocycles. The maximum absolute atomic E-state index is 14.4. The van der Waals surface area contributed by atoms with E-state index in [-0.39, 0.29) is 43.5 Å². The molecule has 2 aliphatic rings. The lowest BCUT2D eigenvalue weighted by molar-refractivity contribution is -0.134. The molecule has 1 aliphatic heterocycles. The lowest BCUT2D eigenvalue weighted by atomic mass is 9.81. The van der Waals surface area contributed by atoms with E-state index in [4.69, 9.17) is 4.74 Å². The van der Waals surface area contributed by atoms with Crippen molar-refractivity contribution in [2.24, 2.45) is 23.7 Å². The summed E-state index contributed by atoms with van der Waals surface area (Å²) in [4.78, 5) is 64.6. The number of rotatable bonds is 20. The topological polar surface area (TPSA) is 154 Å². The molecule has 1 aromatic heterocycles. The first-order chi connectivity index (χ1) is 27.1. The van der Waals surface area contributed by atoms with E-state index < -0.39 is 48.1 Å². The number of amides is 3. The summed E-state index contributed by atoms with van der Waals surface area (Å²) >= 11 is 0. The van der Waals surface area contributed by atoms with E-state index in [1.165, 1.54) is 17.6 Å². The number of nitrogens with zero attached hydrogens (tertiary/aromatic N) is 2. The Hall–Kier alpha value is -4.77. The quantitative estimate of drug-likeness (QED) is 0.0932. The molecule has 0 bridgehead atoms. The van der Waals surface area contributed by atoms with Gasteiger partial charge in [-0.3, -0.25) is 19.3 Å². The number of carbonyl (C=O) groups is 4. The molecule has 302 valence electrons. The molecule has 1 unspecified atom stereocenters. The number of likely N-dealkylation sites (tertiary alicyclic amines) is 1. The molecule has 2 aromatic carbocycles. The summed E-state index contributed by atoms with van der Waals surface area (Å²) < 4.78 is 5.58. The maximum atomic E-state index is 14.4. The van der Waals surface area contributed by atoms with Crippen molar-refractivity contribution >= 4 is 23.7 Å². The van der Waals surface area contributed by atoms with Gasteiger partial charge in [-0.05, 0) is 61.0 Å². The molecule has 11 heteroatoms. The zero-order valence-corrected chi connectivity index (χ0v) is 33.1. The third-order valence-electron chi connectivity index (χ3n) is 11.6. The predicted octanol–water partition coefficient (Wildman–Crippen LogP) is 6.72. The number of imidazole rings is 1. The number of aliphatic hydroxyl groups excluding tert-OH is 1. The molecule has 56 heavy (non-hydrogen) atoms. The van der Waals surface area contributed by atoms with Crippen LogP contribution in [0.4, 0.5) is 4.79 Å². The molecule has 5 rings (SSSR count). The van der Waals surface area contributed by atoms with Gasteiger partial charge < -0.3 is 25.5 Å². The molecule has 1 aliphatic carbocycles. The first kappa shape index (κ1) is 42.4. The van der Waals surface area contributed by atoms with E-state index in [0.717, 1.165) is 36.8 Å². The van der Waals surface area contributed by atoms with Gasteiger partial charge in [0.05, 0.1) is 24.5 Å². The van der Waals surface area contributed by atoms with Crippen molar-refractivity contribution in [2.45, 2.75) is 122 Å². The number of benzene rings is 2. The van der Waals surface area contributed by atoms with Crippen LogP contribution in [-0.2, 0) is 38.6 Å². The highest BCUT2D eigenvalue weighted by Gasteiger charge is 2.38. The van der Waals surface area contributed by atoms with Crippen LogP contribution in [-0.4, -0.2) is 74.4 Å². The normalized spacial score (nSPS) is 18.7. The second-order valence-corrected chi connectivity index (χ2v) is 16.1. The average Bonchev–Trinajstić information content (AvgIpc) is 3.92. The molecular formula is C45H61N5O6. The molecule has 2 fully saturated rings. The van der Waals surface area contributed by atoms with E-state index in [1.807, 2.05) is 66.7 Å². The van der Waals surface area contributed by atoms with Crippen LogP contribution in [0.25, 0.3) is 0 Å². The highest BCUT2D eigenvalue weighted by molar-refractivity contribution is 5.94. The largest absolute Gasteiger partial charge is 0.445 e. The SMILES string of the molecule is C=C[C@@H](C[C@H](O)[C@H](CC1CCCCC1)NC(=O)[C@H](Cc1cnc[nH]1)NC(=O)C(CC(=O)[C@@H]1CCCN1C(=O)OCc1ccccc1)Cc1ccccc1)C(C)C. The zero-order valence-electron chi connectivity index (χ0n) is 33.1. The number of nitrogens with one attached hydrogen (secondary N) is 3. The fourth-order valence-electron chi connectivity index (χ4n) is 8.23. The van der Waals surface area contributed by atoms with Crippen molar-refractivity contribution in [1.82, 2.24) is 25.5 Å². The van der Waals surface area contributed by atoms with Gasteiger partial charge in [-0.1, -0.05) is 113 Å². The standard InChI is InChI=1S/C45H61N5O6/c1-4-35(31(2)3)25-41(51)38(24-33-17-10-6-11-18-33)48-44(54)39(27-37-28-46-30-47-37)49-43(53)36(23-32-15-8-5-9-16-32)26-42(52)40-21-14-22-50(40)45(55)56-29-34-19-12-7-13-20-34/h4-5,7-9,12-13,15-16,19-20,28,30-31,33,35-36,38-41,51H,1,6,10-11,14,17-18,21-27,29H2,2-3H3,(H,46,47)(H,48,54)(H,49,53)/t35-,36?,38-,39-,40-,41-/m0/s1. The monoisotopic (exact) mass is 767 g/mol. The van der Waals surface area contributed by atoms with Gasteiger partial charge in [0, 0.05) is 37.2 Å². The molecule has 0 spiro atoms. The second-order valence-electron chi connectivity index (χ2n) is 16.1. The minimum Gasteiger partial charge on any atom is -0.445 e. The molecule has 6 atom stereocenters. The molecule has 0 radical (unpaired) electrons. The number of aromatic amines is 1. The van der Waals surface area contributed by atoms with E-state index in [2.05, 4.69) is 41.0 Å². The number of carbonyl (C=O) groups excluding carboxylic acids is 4. The summed E-state index contributed by atoms with van der Waals surface area (Å²) in [7, 11) is 0. The van der Waals surface area contributed by atoms with Crippen molar-refractivity contribution in [3.8, 4) is 0 Å². The van der Waals surface area contributed by atoms with E-state index in [0.29, 0.717) is 43.8 Å². The third-order valence-corrected chi connectivity index (χ3v) is 11.6. The van der Waals surface area contributed by atoms with Crippen molar-refractivity contribution in [1.29, 1.82) is 0 Å². The smallest absolute Gasteiger partial charge is 0.410 e. The van der Waals surface area contributed by atoms with Crippen LogP contribution < -0.4 is 10.6 Å². The van der Waals surface area contributed by atoms with E-state index >= 15 is 0 Å². The number of ketones is 1. The number of aliphatic hydroxyl groups is 1. The summed E-state index contributed by atoms with van der Waals surface area (Å²) in [6.07, 6.45) is 11.8. The predicted molar refractivity (Wildman–Crippen MR) is 216 cm³/mol. The fourth-order valence-corrected chi connectivity index (χ4v) is 8.23. The first-order valence-electron chi connectivity index (χ1n) is 20.5. The van der Waals surface area contributed by atoms with E-state index in [1.54, 1.807) is 6.20 Å². The Morgan fingerprint density at radius 1 is 0.929 bits per heavy atom. The van der Waals surface area contributed by atoms with Gasteiger partial charge in [0.1, 0.15) is 12.6 Å². The van der Waals surface area contributed by atoms with Crippen LogP contribution in [0.2, 0.25) is 0 Å². The Labute approximate surface area is 332 Å². The Balaban J connectivity index is 1.33. The number of hydrogen-bond donors (Lipinski definition) is 4. The lowest BCUT2D eigenvalue weighted by Crippen LogP contribution is -2.55. The van der Waals surface area contributed by atoms with E-state index in [9.17, 15) is 24.3 Å². The Kier molecular flexibility index (Phi) is 16.3. The summed E-state index contributed by atoms with van der Waals surface area (Å²) in [5.41, 5.74) is 2.38. The summed E-state index contributed by atoms with van der Waals surface area (Å²) in [6, 6.07) is 16.6.